The Morgan fingerprint density at radius 2 is 1.89 bits per heavy atom. The number of anilines is 1. The van der Waals surface area contributed by atoms with Gasteiger partial charge in [-0.25, -0.2) is 4.98 Å². The summed E-state index contributed by atoms with van der Waals surface area (Å²) in [6.45, 7) is 1.96. The number of nitrogens with two attached hydrogens (primary N) is 1. The Labute approximate surface area is 105 Å². The molecule has 2 N–H and O–H groups in total. The lowest BCUT2D eigenvalue weighted by molar-refractivity contribution is 1.28. The van der Waals surface area contributed by atoms with Crippen molar-refractivity contribution in [2.75, 3.05) is 5.73 Å². The monoisotopic (exact) mass is 235 g/mol. The average Bonchev–Trinajstić information content (AvgIpc) is 2.41. The van der Waals surface area contributed by atoms with Crippen LogP contribution in [0.1, 0.15) is 5.56 Å². The number of benzene rings is 1. The Balaban J connectivity index is 2.16. The summed E-state index contributed by atoms with van der Waals surface area (Å²) in [5.41, 5.74) is 9.89. The molecule has 0 radical (unpaired) electrons. The molecule has 3 nitrogen and oxygen atoms in total. The molecule has 2 aromatic heterocycles. The molecule has 2 heterocycles. The largest absolute Gasteiger partial charge is 0.383 e. The van der Waals surface area contributed by atoms with Crippen molar-refractivity contribution in [3.05, 3.63) is 54.4 Å². The molecule has 0 bridgehead atoms. The van der Waals surface area contributed by atoms with Crippen LogP contribution in [0.4, 0.5) is 5.82 Å². The highest BCUT2D eigenvalue weighted by Gasteiger charge is 2.03. The lowest BCUT2D eigenvalue weighted by Gasteiger charge is -2.05. The summed E-state index contributed by atoms with van der Waals surface area (Å²) in [4.78, 5) is 8.55. The molecule has 0 saturated heterocycles. The van der Waals surface area contributed by atoms with Gasteiger partial charge < -0.3 is 5.73 Å². The molecule has 0 aliphatic carbocycles. The van der Waals surface area contributed by atoms with Gasteiger partial charge in [0.25, 0.3) is 0 Å². The number of aryl methyl sites for hydroxylation is 1. The second-order valence-electron chi connectivity index (χ2n) is 4.34. The van der Waals surface area contributed by atoms with E-state index >= 15 is 0 Å². The molecule has 0 fully saturated rings. The predicted molar refractivity (Wildman–Crippen MR) is 74.1 cm³/mol. The third-order valence-corrected chi connectivity index (χ3v) is 3.06. The quantitative estimate of drug-likeness (QED) is 0.704. The van der Waals surface area contributed by atoms with Crippen LogP contribution in [0.3, 0.4) is 0 Å². The molecule has 1 aromatic carbocycles. The van der Waals surface area contributed by atoms with E-state index in [0.29, 0.717) is 5.82 Å². The highest BCUT2D eigenvalue weighted by atomic mass is 14.8. The predicted octanol–water partition coefficient (Wildman–Crippen LogP) is 3.19. The van der Waals surface area contributed by atoms with Crippen LogP contribution in [0.5, 0.6) is 0 Å². The summed E-state index contributed by atoms with van der Waals surface area (Å²) < 4.78 is 0. The fourth-order valence-corrected chi connectivity index (χ4v) is 1.99. The Bertz CT molecular complexity index is 720. The molecule has 0 atom stereocenters. The van der Waals surface area contributed by atoms with Crippen LogP contribution in [-0.2, 0) is 0 Å². The van der Waals surface area contributed by atoms with Crippen LogP contribution in [0.2, 0.25) is 0 Å². The van der Waals surface area contributed by atoms with Crippen LogP contribution in [0, 0.1) is 6.92 Å². The van der Waals surface area contributed by atoms with Crippen LogP contribution < -0.4 is 5.73 Å². The number of fused-ring (bicyclic) bond motifs is 1. The first-order chi connectivity index (χ1) is 8.74. The molecule has 0 amide bonds. The molecule has 3 rings (SSSR count). The van der Waals surface area contributed by atoms with Crippen LogP contribution in [-0.4, -0.2) is 9.97 Å². The minimum atomic E-state index is 0.581. The van der Waals surface area contributed by atoms with Crippen molar-refractivity contribution in [2.24, 2.45) is 0 Å². The minimum Gasteiger partial charge on any atom is -0.383 e. The molecule has 0 spiro atoms. The summed E-state index contributed by atoms with van der Waals surface area (Å²) in [7, 11) is 0. The summed E-state index contributed by atoms with van der Waals surface area (Å²) in [5, 5.41) is 1.14. The maximum Gasteiger partial charge on any atom is 0.126 e. The fraction of sp³-hybridized carbons (Fsp3) is 0.0667. The normalized spacial score (nSPS) is 10.7. The van der Waals surface area contributed by atoms with E-state index in [0.717, 1.165) is 27.6 Å². The Morgan fingerprint density at radius 1 is 1.00 bits per heavy atom. The van der Waals surface area contributed by atoms with E-state index in [2.05, 4.69) is 34.2 Å². The number of pyridine rings is 2. The van der Waals surface area contributed by atoms with E-state index in [9.17, 15) is 0 Å². The van der Waals surface area contributed by atoms with Crippen molar-refractivity contribution in [1.29, 1.82) is 0 Å². The summed E-state index contributed by atoms with van der Waals surface area (Å²) in [6, 6.07) is 12.3. The summed E-state index contributed by atoms with van der Waals surface area (Å²) in [5.74, 6) is 0.581. The van der Waals surface area contributed by atoms with Crippen molar-refractivity contribution in [3.63, 3.8) is 0 Å². The minimum absolute atomic E-state index is 0.581. The van der Waals surface area contributed by atoms with Gasteiger partial charge in [-0.3, -0.25) is 4.98 Å². The Morgan fingerprint density at radius 3 is 2.72 bits per heavy atom. The highest BCUT2D eigenvalue weighted by molar-refractivity contribution is 5.84. The van der Waals surface area contributed by atoms with Crippen molar-refractivity contribution in [2.45, 2.75) is 6.92 Å². The van der Waals surface area contributed by atoms with Gasteiger partial charge in [0.1, 0.15) is 5.82 Å². The lowest BCUT2D eigenvalue weighted by atomic mass is 10.0. The molecule has 0 aliphatic heterocycles. The maximum atomic E-state index is 5.73. The number of aromatic nitrogens is 2. The second-order valence-corrected chi connectivity index (χ2v) is 4.34. The van der Waals surface area contributed by atoms with Gasteiger partial charge in [0.15, 0.2) is 0 Å². The molecular weight excluding hydrogens is 222 g/mol. The number of hydrogen-bond donors (Lipinski definition) is 1. The highest BCUT2D eigenvalue weighted by Crippen LogP contribution is 2.24. The van der Waals surface area contributed by atoms with Crippen molar-refractivity contribution in [3.8, 4) is 11.1 Å². The zero-order chi connectivity index (χ0) is 12.5. The van der Waals surface area contributed by atoms with Gasteiger partial charge in [-0.1, -0.05) is 18.2 Å². The van der Waals surface area contributed by atoms with Gasteiger partial charge in [0.2, 0.25) is 0 Å². The van der Waals surface area contributed by atoms with Crippen molar-refractivity contribution >= 4 is 16.7 Å². The van der Waals surface area contributed by atoms with E-state index in [1.807, 2.05) is 19.1 Å². The number of rotatable bonds is 1. The Hall–Kier alpha value is -2.42. The third kappa shape index (κ3) is 1.80. The van der Waals surface area contributed by atoms with E-state index < -0.39 is 0 Å². The van der Waals surface area contributed by atoms with Gasteiger partial charge in [0.05, 0.1) is 5.52 Å². The first-order valence-corrected chi connectivity index (χ1v) is 5.81. The second kappa shape index (κ2) is 4.11. The van der Waals surface area contributed by atoms with Crippen LogP contribution in [0.25, 0.3) is 22.0 Å². The zero-order valence-corrected chi connectivity index (χ0v) is 10.1. The lowest BCUT2D eigenvalue weighted by Crippen LogP contribution is -1.94. The molecular formula is C15H13N3. The first-order valence-electron chi connectivity index (χ1n) is 5.81. The smallest absolute Gasteiger partial charge is 0.126 e. The summed E-state index contributed by atoms with van der Waals surface area (Å²) >= 11 is 0. The SMILES string of the molecule is Cc1cc(-c2ccc3cccnc3c2)cnc1N. The molecule has 0 unspecified atom stereocenters. The fourth-order valence-electron chi connectivity index (χ4n) is 1.99. The van der Waals surface area contributed by atoms with E-state index in [1.54, 1.807) is 12.4 Å². The Kier molecular flexibility index (Phi) is 2.45. The van der Waals surface area contributed by atoms with Gasteiger partial charge in [0, 0.05) is 23.3 Å². The van der Waals surface area contributed by atoms with E-state index in [4.69, 9.17) is 5.73 Å². The van der Waals surface area contributed by atoms with Crippen LogP contribution in [0.15, 0.2) is 48.8 Å². The van der Waals surface area contributed by atoms with Gasteiger partial charge in [-0.05, 0) is 36.2 Å². The molecule has 0 aliphatic rings. The molecule has 3 heteroatoms. The standard InChI is InChI=1S/C15H13N3/c1-10-7-13(9-18-15(10)16)12-5-4-11-3-2-6-17-14(11)8-12/h2-9H,1H3,(H2,16,18). The molecule has 88 valence electrons. The zero-order valence-electron chi connectivity index (χ0n) is 10.1. The van der Waals surface area contributed by atoms with Crippen LogP contribution >= 0.6 is 0 Å². The summed E-state index contributed by atoms with van der Waals surface area (Å²) in [6.07, 6.45) is 3.60. The molecule has 0 saturated carbocycles. The average molecular weight is 235 g/mol. The van der Waals surface area contributed by atoms with Gasteiger partial charge in [-0.2, -0.15) is 0 Å². The maximum absolute atomic E-state index is 5.73. The number of nitrogen functional groups attached to an aromatic ring is 1. The van der Waals surface area contributed by atoms with Gasteiger partial charge in [-0.15, -0.1) is 0 Å². The number of nitrogens with zero attached hydrogens (tertiary/aromatic N) is 2. The van der Waals surface area contributed by atoms with E-state index in [1.165, 1.54) is 0 Å². The topological polar surface area (TPSA) is 51.8 Å². The van der Waals surface area contributed by atoms with Crippen molar-refractivity contribution < 1.29 is 0 Å². The molecule has 3 aromatic rings. The first kappa shape index (κ1) is 10.7. The van der Waals surface area contributed by atoms with E-state index in [-0.39, 0.29) is 0 Å². The molecule has 18 heavy (non-hydrogen) atoms. The van der Waals surface area contributed by atoms with Gasteiger partial charge >= 0.3 is 0 Å². The number of hydrogen-bond acceptors (Lipinski definition) is 3. The van der Waals surface area contributed by atoms with Crippen molar-refractivity contribution in [1.82, 2.24) is 9.97 Å². The third-order valence-electron chi connectivity index (χ3n) is 3.06.